The third-order valence-corrected chi connectivity index (χ3v) is 11.4. The second-order valence-corrected chi connectivity index (χ2v) is 15.1. The standard InChI is InChI=1S/C57H47N3/c1-5-19-52(41(3)6-2)53-40-55-54-39-51(36-37-56(54)60(57(55)38-42(53)4)48-26-17-10-18-27-48)59(47-24-15-9-16-25-47)50-34-30-44(31-35-50)43-28-32-49(33-29-43)58(45-20-11-7-12-21-45)46-22-13-8-14-23-46/h5-40H,1H2,2-4H3/b41-6-,52-19+. The highest BCUT2D eigenvalue weighted by Crippen LogP contribution is 2.42. The first kappa shape index (κ1) is 37.9. The summed E-state index contributed by atoms with van der Waals surface area (Å²) in [6, 6.07) is 71.8. The van der Waals surface area contributed by atoms with Crippen LogP contribution in [0.2, 0.25) is 0 Å². The Balaban J connectivity index is 1.14. The zero-order chi connectivity index (χ0) is 41.0. The van der Waals surface area contributed by atoms with Gasteiger partial charge >= 0.3 is 0 Å². The van der Waals surface area contributed by atoms with E-state index in [4.69, 9.17) is 0 Å². The van der Waals surface area contributed by atoms with Gasteiger partial charge in [0.15, 0.2) is 0 Å². The van der Waals surface area contributed by atoms with Crippen LogP contribution in [0, 0.1) is 6.92 Å². The molecule has 0 N–H and O–H groups in total. The molecule has 9 aromatic rings. The van der Waals surface area contributed by atoms with Crippen LogP contribution in [0.5, 0.6) is 0 Å². The number of anilines is 6. The molecule has 0 spiro atoms. The Morgan fingerprint density at radius 2 is 0.917 bits per heavy atom. The van der Waals surface area contributed by atoms with E-state index in [1.54, 1.807) is 0 Å². The lowest BCUT2D eigenvalue weighted by Gasteiger charge is -2.26. The number of hydrogen-bond donors (Lipinski definition) is 0. The molecule has 0 bridgehead atoms. The lowest BCUT2D eigenvalue weighted by molar-refractivity contribution is 1.17. The van der Waals surface area contributed by atoms with Crippen LogP contribution < -0.4 is 9.80 Å². The summed E-state index contributed by atoms with van der Waals surface area (Å²) in [6.45, 7) is 10.5. The van der Waals surface area contributed by atoms with Gasteiger partial charge in [-0.1, -0.05) is 122 Å². The van der Waals surface area contributed by atoms with Crippen molar-refractivity contribution in [2.75, 3.05) is 9.80 Å². The smallest absolute Gasteiger partial charge is 0.0544 e. The molecule has 0 aliphatic heterocycles. The minimum Gasteiger partial charge on any atom is -0.311 e. The molecule has 0 atom stereocenters. The maximum absolute atomic E-state index is 4.06. The summed E-state index contributed by atoms with van der Waals surface area (Å²) in [5.41, 5.74) is 17.3. The van der Waals surface area contributed by atoms with Crippen LogP contribution in [0.4, 0.5) is 34.1 Å². The van der Waals surface area contributed by atoms with Gasteiger partial charge < -0.3 is 14.4 Å². The summed E-state index contributed by atoms with van der Waals surface area (Å²) < 4.78 is 2.40. The van der Waals surface area contributed by atoms with E-state index >= 15 is 0 Å². The Morgan fingerprint density at radius 1 is 0.483 bits per heavy atom. The van der Waals surface area contributed by atoms with Crippen LogP contribution >= 0.6 is 0 Å². The molecule has 0 amide bonds. The molecule has 0 radical (unpaired) electrons. The van der Waals surface area contributed by atoms with E-state index < -0.39 is 0 Å². The Bertz CT molecular complexity index is 2940. The minimum absolute atomic E-state index is 1.09. The first-order valence-electron chi connectivity index (χ1n) is 20.6. The first-order valence-corrected chi connectivity index (χ1v) is 20.6. The van der Waals surface area contributed by atoms with Crippen molar-refractivity contribution in [2.24, 2.45) is 0 Å². The van der Waals surface area contributed by atoms with Crippen molar-refractivity contribution in [1.82, 2.24) is 4.57 Å². The van der Waals surface area contributed by atoms with Crippen molar-refractivity contribution >= 4 is 61.5 Å². The highest BCUT2D eigenvalue weighted by molar-refractivity contribution is 6.12. The number of fused-ring (bicyclic) bond motifs is 3. The molecule has 290 valence electrons. The lowest BCUT2D eigenvalue weighted by Crippen LogP contribution is -2.10. The number of rotatable bonds is 11. The van der Waals surface area contributed by atoms with E-state index in [1.807, 2.05) is 6.08 Å². The molecule has 0 saturated heterocycles. The van der Waals surface area contributed by atoms with Gasteiger partial charge in [-0.05, 0) is 157 Å². The Labute approximate surface area is 353 Å². The van der Waals surface area contributed by atoms with Crippen LogP contribution in [0.15, 0.2) is 231 Å². The highest BCUT2D eigenvalue weighted by Gasteiger charge is 2.20. The van der Waals surface area contributed by atoms with E-state index in [-0.39, 0.29) is 0 Å². The third kappa shape index (κ3) is 7.23. The maximum Gasteiger partial charge on any atom is 0.0544 e. The number of hydrogen-bond acceptors (Lipinski definition) is 2. The topological polar surface area (TPSA) is 11.4 Å². The lowest BCUT2D eigenvalue weighted by atomic mass is 9.92. The number of aromatic nitrogens is 1. The zero-order valence-corrected chi connectivity index (χ0v) is 34.3. The predicted octanol–water partition coefficient (Wildman–Crippen LogP) is 16.2. The molecule has 1 aromatic heterocycles. The first-order chi connectivity index (χ1) is 29.5. The van der Waals surface area contributed by atoms with Gasteiger partial charge in [0, 0.05) is 50.6 Å². The SMILES string of the molecule is C=C/C=C(\C(C)=C/C)c1cc2c3cc(N(c4ccccc4)c4ccc(-c5ccc(N(c6ccccc6)c6ccccc6)cc5)cc4)ccc3n(-c3ccccc3)c2cc1C. The van der Waals surface area contributed by atoms with Gasteiger partial charge in [-0.3, -0.25) is 0 Å². The van der Waals surface area contributed by atoms with E-state index in [2.05, 4.69) is 254 Å². The summed E-state index contributed by atoms with van der Waals surface area (Å²) in [6.07, 6.45) is 6.19. The normalized spacial score (nSPS) is 11.8. The second-order valence-electron chi connectivity index (χ2n) is 15.1. The molecule has 0 unspecified atom stereocenters. The number of aryl methyl sites for hydroxylation is 1. The van der Waals surface area contributed by atoms with Crippen LogP contribution in [-0.4, -0.2) is 4.57 Å². The summed E-state index contributed by atoms with van der Waals surface area (Å²) in [5, 5.41) is 2.40. The predicted molar refractivity (Wildman–Crippen MR) is 258 cm³/mol. The molecule has 0 saturated carbocycles. The Morgan fingerprint density at radius 3 is 1.40 bits per heavy atom. The van der Waals surface area contributed by atoms with Crippen molar-refractivity contribution in [3.05, 3.63) is 242 Å². The number of allylic oxidation sites excluding steroid dienone is 5. The highest BCUT2D eigenvalue weighted by atomic mass is 15.1. The molecule has 8 aromatic carbocycles. The summed E-state index contributed by atoms with van der Waals surface area (Å²) >= 11 is 0. The molecule has 3 nitrogen and oxygen atoms in total. The quantitative estimate of drug-likeness (QED) is 0.121. The van der Waals surface area contributed by atoms with Gasteiger partial charge in [-0.25, -0.2) is 0 Å². The molecular formula is C57H47N3. The molecule has 0 aliphatic rings. The summed E-state index contributed by atoms with van der Waals surface area (Å²) in [4.78, 5) is 4.65. The average Bonchev–Trinajstić information content (AvgIpc) is 3.62. The Hall–Kier alpha value is -7.62. The van der Waals surface area contributed by atoms with E-state index in [0.29, 0.717) is 0 Å². The molecule has 60 heavy (non-hydrogen) atoms. The second kappa shape index (κ2) is 16.7. The van der Waals surface area contributed by atoms with Crippen LogP contribution in [-0.2, 0) is 0 Å². The number of benzene rings is 8. The maximum atomic E-state index is 4.06. The fourth-order valence-electron chi connectivity index (χ4n) is 8.38. The van der Waals surface area contributed by atoms with Gasteiger partial charge in [0.1, 0.15) is 0 Å². The Kier molecular flexibility index (Phi) is 10.6. The van der Waals surface area contributed by atoms with Gasteiger partial charge in [0.2, 0.25) is 0 Å². The minimum atomic E-state index is 1.09. The summed E-state index contributed by atoms with van der Waals surface area (Å²) in [7, 11) is 0. The van der Waals surface area contributed by atoms with Gasteiger partial charge in [-0.15, -0.1) is 0 Å². The number of para-hydroxylation sites is 4. The largest absolute Gasteiger partial charge is 0.311 e. The zero-order valence-electron chi connectivity index (χ0n) is 34.3. The van der Waals surface area contributed by atoms with E-state index in [0.717, 1.165) is 50.9 Å². The van der Waals surface area contributed by atoms with Gasteiger partial charge in [0.05, 0.1) is 11.0 Å². The van der Waals surface area contributed by atoms with Crippen molar-refractivity contribution < 1.29 is 0 Å². The monoisotopic (exact) mass is 773 g/mol. The van der Waals surface area contributed by atoms with Crippen molar-refractivity contribution in [1.29, 1.82) is 0 Å². The van der Waals surface area contributed by atoms with Crippen molar-refractivity contribution in [3.63, 3.8) is 0 Å². The molecule has 0 aliphatic carbocycles. The fraction of sp³-hybridized carbons (Fsp3) is 0.0526. The van der Waals surface area contributed by atoms with Gasteiger partial charge in [-0.2, -0.15) is 0 Å². The molecule has 1 heterocycles. The van der Waals surface area contributed by atoms with E-state index in [1.165, 1.54) is 44.1 Å². The molecule has 9 rings (SSSR count). The average molecular weight is 774 g/mol. The third-order valence-electron chi connectivity index (χ3n) is 11.4. The van der Waals surface area contributed by atoms with Crippen LogP contribution in [0.1, 0.15) is 25.0 Å². The van der Waals surface area contributed by atoms with Crippen molar-refractivity contribution in [2.45, 2.75) is 20.8 Å². The fourth-order valence-corrected chi connectivity index (χ4v) is 8.38. The van der Waals surface area contributed by atoms with Crippen LogP contribution in [0.3, 0.4) is 0 Å². The van der Waals surface area contributed by atoms with Crippen LogP contribution in [0.25, 0.3) is 44.2 Å². The molecular weight excluding hydrogens is 727 g/mol. The van der Waals surface area contributed by atoms with Gasteiger partial charge in [0.25, 0.3) is 0 Å². The molecule has 0 fully saturated rings. The van der Waals surface area contributed by atoms with E-state index in [9.17, 15) is 0 Å². The molecule has 3 heteroatoms. The van der Waals surface area contributed by atoms with Crippen molar-refractivity contribution in [3.8, 4) is 16.8 Å². The number of nitrogens with zero attached hydrogens (tertiary/aromatic N) is 3. The summed E-state index contributed by atoms with van der Waals surface area (Å²) in [5.74, 6) is 0.